The summed E-state index contributed by atoms with van der Waals surface area (Å²) in [5, 5.41) is 5.27. The lowest BCUT2D eigenvalue weighted by molar-refractivity contribution is 0.0736. The van der Waals surface area contributed by atoms with Crippen LogP contribution in [0, 0.1) is 0 Å². The highest BCUT2D eigenvalue weighted by Crippen LogP contribution is 2.35. The van der Waals surface area contributed by atoms with Gasteiger partial charge in [-0.15, -0.1) is 0 Å². The molecule has 0 unspecified atom stereocenters. The first-order chi connectivity index (χ1) is 17.0. The van der Waals surface area contributed by atoms with E-state index < -0.39 is 0 Å². The van der Waals surface area contributed by atoms with Crippen molar-refractivity contribution in [3.8, 4) is 23.0 Å². The van der Waals surface area contributed by atoms with E-state index in [1.165, 1.54) is 5.56 Å². The lowest BCUT2D eigenvalue weighted by atomic mass is 9.97. The SMILES string of the molecule is CCOc1cc2c(cc1OCC)CN(C(=O)c1cc(-c3ccco3)nc3c1cnn3C(C)C)CC2. The number of furan rings is 1. The molecular formula is C27H30N4O4. The summed E-state index contributed by atoms with van der Waals surface area (Å²) in [5.74, 6) is 2.04. The predicted octanol–water partition coefficient (Wildman–Crippen LogP) is 5.27. The number of carbonyl (C=O) groups excluding carboxylic acids is 1. The fourth-order valence-corrected chi connectivity index (χ4v) is 4.57. The van der Waals surface area contributed by atoms with E-state index in [4.69, 9.17) is 18.9 Å². The van der Waals surface area contributed by atoms with Gasteiger partial charge >= 0.3 is 0 Å². The van der Waals surface area contributed by atoms with Crippen LogP contribution >= 0.6 is 0 Å². The summed E-state index contributed by atoms with van der Waals surface area (Å²) in [4.78, 5) is 20.5. The van der Waals surface area contributed by atoms with Gasteiger partial charge in [0.1, 0.15) is 5.69 Å². The van der Waals surface area contributed by atoms with Crippen molar-refractivity contribution in [2.75, 3.05) is 19.8 Å². The molecule has 1 aliphatic heterocycles. The molecule has 3 aromatic heterocycles. The molecule has 4 aromatic rings. The zero-order chi connectivity index (χ0) is 24.5. The Morgan fingerprint density at radius 3 is 2.51 bits per heavy atom. The number of rotatable bonds is 7. The van der Waals surface area contributed by atoms with Crippen LogP contribution in [0.2, 0.25) is 0 Å². The largest absolute Gasteiger partial charge is 0.490 e. The number of nitrogens with zero attached hydrogens (tertiary/aromatic N) is 4. The summed E-state index contributed by atoms with van der Waals surface area (Å²) in [6.07, 6.45) is 4.09. The number of benzene rings is 1. The summed E-state index contributed by atoms with van der Waals surface area (Å²) in [5.41, 5.74) is 4.13. The number of amides is 1. The van der Waals surface area contributed by atoms with Crippen LogP contribution in [0.4, 0.5) is 0 Å². The Bertz CT molecular complexity index is 1360. The molecule has 0 saturated carbocycles. The molecule has 1 amide bonds. The number of hydrogen-bond acceptors (Lipinski definition) is 6. The molecule has 35 heavy (non-hydrogen) atoms. The normalized spacial score (nSPS) is 13.3. The van der Waals surface area contributed by atoms with Crippen LogP contribution in [0.25, 0.3) is 22.5 Å². The van der Waals surface area contributed by atoms with E-state index in [2.05, 4.69) is 11.2 Å². The molecule has 8 heteroatoms. The van der Waals surface area contributed by atoms with Crippen LogP contribution in [0.15, 0.2) is 47.2 Å². The van der Waals surface area contributed by atoms with Gasteiger partial charge in [-0.05, 0) is 75.6 Å². The Hall–Kier alpha value is -3.81. The molecule has 0 aliphatic carbocycles. The number of pyridine rings is 1. The number of hydrogen-bond donors (Lipinski definition) is 0. The van der Waals surface area contributed by atoms with Crippen LogP contribution < -0.4 is 9.47 Å². The third-order valence-corrected chi connectivity index (χ3v) is 6.23. The molecule has 0 saturated heterocycles. The van der Waals surface area contributed by atoms with Crippen molar-refractivity contribution in [2.45, 2.75) is 46.7 Å². The Morgan fingerprint density at radius 1 is 1.11 bits per heavy atom. The molecular weight excluding hydrogens is 444 g/mol. The predicted molar refractivity (Wildman–Crippen MR) is 133 cm³/mol. The van der Waals surface area contributed by atoms with Gasteiger partial charge in [-0.25, -0.2) is 9.67 Å². The Kier molecular flexibility index (Phi) is 6.19. The van der Waals surface area contributed by atoms with E-state index in [1.807, 2.05) is 61.5 Å². The second-order valence-electron chi connectivity index (χ2n) is 8.86. The van der Waals surface area contributed by atoms with E-state index in [9.17, 15) is 4.79 Å². The van der Waals surface area contributed by atoms with Crippen molar-refractivity contribution in [3.63, 3.8) is 0 Å². The Balaban J connectivity index is 1.53. The van der Waals surface area contributed by atoms with Crippen molar-refractivity contribution in [3.05, 3.63) is 59.5 Å². The van der Waals surface area contributed by atoms with E-state index in [0.717, 1.165) is 23.1 Å². The first kappa shape index (κ1) is 23.0. The van der Waals surface area contributed by atoms with Gasteiger partial charge in [0.25, 0.3) is 5.91 Å². The monoisotopic (exact) mass is 474 g/mol. The highest BCUT2D eigenvalue weighted by molar-refractivity contribution is 6.06. The van der Waals surface area contributed by atoms with Crippen LogP contribution in [-0.4, -0.2) is 45.3 Å². The summed E-state index contributed by atoms with van der Waals surface area (Å²) >= 11 is 0. The second kappa shape index (κ2) is 9.44. The fourth-order valence-electron chi connectivity index (χ4n) is 4.57. The minimum atomic E-state index is -0.0500. The van der Waals surface area contributed by atoms with E-state index in [1.54, 1.807) is 12.5 Å². The molecule has 0 atom stereocenters. The molecule has 0 bridgehead atoms. The molecule has 182 valence electrons. The minimum Gasteiger partial charge on any atom is -0.490 e. The molecule has 1 aromatic carbocycles. The first-order valence-corrected chi connectivity index (χ1v) is 12.1. The zero-order valence-electron chi connectivity index (χ0n) is 20.6. The maximum atomic E-state index is 13.9. The first-order valence-electron chi connectivity index (χ1n) is 12.1. The van der Waals surface area contributed by atoms with Crippen molar-refractivity contribution < 1.29 is 18.7 Å². The summed E-state index contributed by atoms with van der Waals surface area (Å²) < 4.78 is 19.0. The van der Waals surface area contributed by atoms with Crippen molar-refractivity contribution >= 4 is 16.9 Å². The maximum Gasteiger partial charge on any atom is 0.255 e. The topological polar surface area (TPSA) is 82.6 Å². The average molecular weight is 475 g/mol. The molecule has 8 nitrogen and oxygen atoms in total. The lowest BCUT2D eigenvalue weighted by Gasteiger charge is -2.30. The maximum absolute atomic E-state index is 13.9. The van der Waals surface area contributed by atoms with Crippen molar-refractivity contribution in [2.24, 2.45) is 0 Å². The van der Waals surface area contributed by atoms with Gasteiger partial charge < -0.3 is 18.8 Å². The smallest absolute Gasteiger partial charge is 0.255 e. The van der Waals surface area contributed by atoms with Crippen molar-refractivity contribution in [1.82, 2.24) is 19.7 Å². The molecule has 4 heterocycles. The third kappa shape index (κ3) is 4.24. The summed E-state index contributed by atoms with van der Waals surface area (Å²) in [6.45, 7) is 10.2. The van der Waals surface area contributed by atoms with Crippen LogP contribution in [-0.2, 0) is 13.0 Å². The van der Waals surface area contributed by atoms with Gasteiger partial charge in [-0.3, -0.25) is 4.79 Å². The quantitative estimate of drug-likeness (QED) is 0.363. The summed E-state index contributed by atoms with van der Waals surface area (Å²) in [6, 6.07) is 9.65. The van der Waals surface area contributed by atoms with Crippen LogP contribution in [0.5, 0.6) is 11.5 Å². The van der Waals surface area contributed by atoms with E-state index in [-0.39, 0.29) is 11.9 Å². The van der Waals surface area contributed by atoms with E-state index in [0.29, 0.717) is 54.7 Å². The molecule has 5 rings (SSSR count). The number of fused-ring (bicyclic) bond motifs is 2. The number of carbonyl (C=O) groups is 1. The number of aromatic nitrogens is 3. The second-order valence-corrected chi connectivity index (χ2v) is 8.86. The Labute approximate surface area is 204 Å². The molecule has 0 fully saturated rings. The Morgan fingerprint density at radius 2 is 1.86 bits per heavy atom. The van der Waals surface area contributed by atoms with E-state index >= 15 is 0 Å². The minimum absolute atomic E-state index is 0.0500. The van der Waals surface area contributed by atoms with Gasteiger partial charge in [0.15, 0.2) is 22.9 Å². The molecule has 0 spiro atoms. The highest BCUT2D eigenvalue weighted by atomic mass is 16.5. The average Bonchev–Trinajstić information content (AvgIpc) is 3.54. The highest BCUT2D eigenvalue weighted by Gasteiger charge is 2.27. The molecule has 1 aliphatic rings. The standard InChI is InChI=1S/C27H30N4O4/c1-5-33-24-12-18-9-10-30(16-19(18)13-25(24)34-6-2)27(32)20-14-22(23-8-7-11-35-23)29-26-21(20)15-28-31(26)17(3)4/h7-8,11-15,17H,5-6,9-10,16H2,1-4H3. The summed E-state index contributed by atoms with van der Waals surface area (Å²) in [7, 11) is 0. The van der Waals surface area contributed by atoms with Gasteiger partial charge in [-0.1, -0.05) is 0 Å². The fraction of sp³-hybridized carbons (Fsp3) is 0.370. The zero-order valence-corrected chi connectivity index (χ0v) is 20.6. The number of ether oxygens (including phenoxy) is 2. The lowest BCUT2D eigenvalue weighted by Crippen LogP contribution is -2.36. The van der Waals surface area contributed by atoms with Gasteiger partial charge in [0.05, 0.1) is 36.6 Å². The van der Waals surface area contributed by atoms with Gasteiger partial charge in [0.2, 0.25) is 0 Å². The van der Waals surface area contributed by atoms with Gasteiger partial charge in [-0.2, -0.15) is 5.10 Å². The molecule has 0 N–H and O–H groups in total. The van der Waals surface area contributed by atoms with Crippen molar-refractivity contribution in [1.29, 1.82) is 0 Å². The third-order valence-electron chi connectivity index (χ3n) is 6.23. The van der Waals surface area contributed by atoms with Gasteiger partial charge in [0, 0.05) is 19.1 Å². The molecule has 0 radical (unpaired) electrons. The van der Waals surface area contributed by atoms with Crippen LogP contribution in [0.1, 0.15) is 55.2 Å². The van der Waals surface area contributed by atoms with Crippen LogP contribution in [0.3, 0.4) is 0 Å².